The summed E-state index contributed by atoms with van der Waals surface area (Å²) < 4.78 is 7.12. The van der Waals surface area contributed by atoms with Crippen molar-refractivity contribution in [1.82, 2.24) is 19.7 Å². The Hall–Kier alpha value is -4.04. The van der Waals surface area contributed by atoms with E-state index in [1.54, 1.807) is 29.1 Å². The molecule has 0 aliphatic heterocycles. The molecule has 0 aliphatic carbocycles. The van der Waals surface area contributed by atoms with Crippen LogP contribution in [0.3, 0.4) is 0 Å². The SMILES string of the molecule is Cc1nn(-c2ccccc2)c2nc(-c3cccs3)cc(C(=O)OCC(=O)c3ccc[nH]3)c12. The molecular formula is C24H18N4O3S. The summed E-state index contributed by atoms with van der Waals surface area (Å²) in [5.74, 6) is -0.894. The fraction of sp³-hybridized carbons (Fsp3) is 0.0833. The maximum absolute atomic E-state index is 13.1. The molecule has 0 aliphatic rings. The Balaban J connectivity index is 1.60. The third-order valence-electron chi connectivity index (χ3n) is 5.04. The number of nitrogens with one attached hydrogen (secondary N) is 1. The topological polar surface area (TPSA) is 89.9 Å². The first-order valence-electron chi connectivity index (χ1n) is 9.95. The average molecular weight is 443 g/mol. The van der Waals surface area contributed by atoms with E-state index in [0.717, 1.165) is 10.6 Å². The third kappa shape index (κ3) is 3.61. The molecule has 0 unspecified atom stereocenters. The Morgan fingerprint density at radius 1 is 1.09 bits per heavy atom. The number of carbonyl (C=O) groups is 2. The van der Waals surface area contributed by atoms with Gasteiger partial charge in [-0.2, -0.15) is 5.10 Å². The van der Waals surface area contributed by atoms with Crippen LogP contribution in [0.5, 0.6) is 0 Å². The van der Waals surface area contributed by atoms with Crippen molar-refractivity contribution in [3.8, 4) is 16.3 Å². The number of benzene rings is 1. The fourth-order valence-corrected chi connectivity index (χ4v) is 4.23. The van der Waals surface area contributed by atoms with Gasteiger partial charge in [0.2, 0.25) is 5.78 Å². The number of fused-ring (bicyclic) bond motifs is 1. The van der Waals surface area contributed by atoms with Gasteiger partial charge in [0.1, 0.15) is 0 Å². The number of Topliss-reactive ketones (excluding diaryl/α,β-unsaturated/α-hetero) is 1. The number of nitrogens with zero attached hydrogens (tertiary/aromatic N) is 3. The molecule has 5 rings (SSSR count). The van der Waals surface area contributed by atoms with E-state index in [4.69, 9.17) is 9.72 Å². The predicted octanol–water partition coefficient (Wildman–Crippen LogP) is 4.83. The highest BCUT2D eigenvalue weighted by atomic mass is 32.1. The lowest BCUT2D eigenvalue weighted by Gasteiger charge is -2.08. The number of esters is 1. The van der Waals surface area contributed by atoms with Gasteiger partial charge in [0.15, 0.2) is 12.3 Å². The van der Waals surface area contributed by atoms with Crippen LogP contribution in [0.15, 0.2) is 72.2 Å². The first-order valence-corrected chi connectivity index (χ1v) is 10.8. The van der Waals surface area contributed by atoms with Gasteiger partial charge >= 0.3 is 5.97 Å². The van der Waals surface area contributed by atoms with E-state index < -0.39 is 5.97 Å². The van der Waals surface area contributed by atoms with E-state index in [1.807, 2.05) is 54.8 Å². The van der Waals surface area contributed by atoms with Crippen LogP contribution >= 0.6 is 11.3 Å². The van der Waals surface area contributed by atoms with Crippen LogP contribution in [0.2, 0.25) is 0 Å². The van der Waals surface area contributed by atoms with Crippen LogP contribution in [-0.4, -0.2) is 38.1 Å². The molecule has 32 heavy (non-hydrogen) atoms. The molecule has 4 aromatic heterocycles. The van der Waals surface area contributed by atoms with Crippen LogP contribution in [-0.2, 0) is 4.74 Å². The molecule has 7 nitrogen and oxygen atoms in total. The molecule has 0 spiro atoms. The van der Waals surface area contributed by atoms with Crippen molar-refractivity contribution in [2.75, 3.05) is 6.61 Å². The first-order chi connectivity index (χ1) is 15.6. The summed E-state index contributed by atoms with van der Waals surface area (Å²) in [7, 11) is 0. The van der Waals surface area contributed by atoms with Crippen molar-refractivity contribution < 1.29 is 14.3 Å². The Morgan fingerprint density at radius 3 is 2.66 bits per heavy atom. The summed E-state index contributed by atoms with van der Waals surface area (Å²) in [5, 5.41) is 7.19. The molecule has 0 bridgehead atoms. The van der Waals surface area contributed by atoms with E-state index in [-0.39, 0.29) is 12.4 Å². The largest absolute Gasteiger partial charge is 0.454 e. The number of ketones is 1. The second-order valence-electron chi connectivity index (χ2n) is 7.15. The third-order valence-corrected chi connectivity index (χ3v) is 5.93. The number of aryl methyl sites for hydroxylation is 1. The number of para-hydroxylation sites is 1. The molecule has 5 aromatic rings. The van der Waals surface area contributed by atoms with Crippen molar-refractivity contribution in [2.24, 2.45) is 0 Å². The maximum Gasteiger partial charge on any atom is 0.339 e. The van der Waals surface area contributed by atoms with Crippen molar-refractivity contribution >= 4 is 34.1 Å². The molecule has 0 fully saturated rings. The van der Waals surface area contributed by atoms with Crippen molar-refractivity contribution in [1.29, 1.82) is 0 Å². The van der Waals surface area contributed by atoms with Gasteiger partial charge in [-0.25, -0.2) is 14.5 Å². The summed E-state index contributed by atoms with van der Waals surface area (Å²) in [4.78, 5) is 34.0. The summed E-state index contributed by atoms with van der Waals surface area (Å²) in [6.45, 7) is 1.47. The number of hydrogen-bond acceptors (Lipinski definition) is 6. The van der Waals surface area contributed by atoms with Gasteiger partial charge in [0.25, 0.3) is 0 Å². The molecule has 4 heterocycles. The Kier molecular flexibility index (Phi) is 5.12. The lowest BCUT2D eigenvalue weighted by Crippen LogP contribution is -2.15. The Bertz CT molecular complexity index is 1410. The lowest BCUT2D eigenvalue weighted by molar-refractivity contribution is 0.0475. The molecule has 8 heteroatoms. The van der Waals surface area contributed by atoms with E-state index in [9.17, 15) is 9.59 Å². The molecule has 0 atom stereocenters. The average Bonchev–Trinajstić information content (AvgIpc) is 3.59. The minimum Gasteiger partial charge on any atom is -0.454 e. The summed E-state index contributed by atoms with van der Waals surface area (Å²) in [5.41, 5.74) is 3.41. The van der Waals surface area contributed by atoms with Crippen molar-refractivity contribution in [3.63, 3.8) is 0 Å². The number of carbonyl (C=O) groups excluding carboxylic acids is 2. The highest BCUT2D eigenvalue weighted by molar-refractivity contribution is 7.13. The van der Waals surface area contributed by atoms with Crippen LogP contribution in [0.4, 0.5) is 0 Å². The van der Waals surface area contributed by atoms with Gasteiger partial charge in [-0.15, -0.1) is 11.3 Å². The van der Waals surface area contributed by atoms with Gasteiger partial charge in [-0.05, 0) is 48.7 Å². The van der Waals surface area contributed by atoms with Crippen LogP contribution < -0.4 is 0 Å². The van der Waals surface area contributed by atoms with Crippen LogP contribution in [0.1, 0.15) is 26.5 Å². The maximum atomic E-state index is 13.1. The van der Waals surface area contributed by atoms with Crippen molar-refractivity contribution in [3.05, 3.63) is 89.2 Å². The highest BCUT2D eigenvalue weighted by Gasteiger charge is 2.23. The number of aromatic nitrogens is 4. The first kappa shape index (κ1) is 19.9. The Morgan fingerprint density at radius 2 is 1.94 bits per heavy atom. The number of pyridine rings is 1. The van der Waals surface area contributed by atoms with Gasteiger partial charge in [0.05, 0.1) is 38.6 Å². The fourth-order valence-electron chi connectivity index (χ4n) is 3.54. The summed E-state index contributed by atoms with van der Waals surface area (Å²) in [6.07, 6.45) is 1.65. The minimum absolute atomic E-state index is 0.302. The normalized spacial score (nSPS) is 11.0. The minimum atomic E-state index is -0.592. The number of hydrogen-bond donors (Lipinski definition) is 1. The summed E-state index contributed by atoms with van der Waals surface area (Å²) in [6, 6.07) is 18.6. The Labute approximate surface area is 187 Å². The molecule has 1 aromatic carbocycles. The highest BCUT2D eigenvalue weighted by Crippen LogP contribution is 2.31. The summed E-state index contributed by atoms with van der Waals surface area (Å²) >= 11 is 1.53. The van der Waals surface area contributed by atoms with Gasteiger partial charge in [0, 0.05) is 6.20 Å². The monoisotopic (exact) mass is 442 g/mol. The number of thiophene rings is 1. The zero-order chi connectivity index (χ0) is 22.1. The van der Waals surface area contributed by atoms with Gasteiger partial charge < -0.3 is 9.72 Å². The molecule has 0 saturated heterocycles. The second kappa shape index (κ2) is 8.24. The standard InChI is InChI=1S/C24H18N4O3S/c1-15-22-17(24(30)31-14-20(29)18-9-5-11-25-18)13-19(21-10-6-12-32-21)26-23(22)28(27-15)16-7-3-2-4-8-16/h2-13,25H,14H2,1H3. The van der Waals surface area contributed by atoms with E-state index in [2.05, 4.69) is 10.1 Å². The van der Waals surface area contributed by atoms with Crippen molar-refractivity contribution in [2.45, 2.75) is 6.92 Å². The quantitative estimate of drug-likeness (QED) is 0.301. The molecule has 0 saturated carbocycles. The van der Waals surface area contributed by atoms with Gasteiger partial charge in [-0.1, -0.05) is 24.3 Å². The molecule has 0 radical (unpaired) electrons. The number of ether oxygens (including phenoxy) is 1. The zero-order valence-electron chi connectivity index (χ0n) is 17.1. The second-order valence-corrected chi connectivity index (χ2v) is 8.09. The predicted molar refractivity (Wildman–Crippen MR) is 122 cm³/mol. The van der Waals surface area contributed by atoms with Crippen LogP contribution in [0, 0.1) is 6.92 Å². The smallest absolute Gasteiger partial charge is 0.339 e. The van der Waals surface area contributed by atoms with Gasteiger partial charge in [-0.3, -0.25) is 4.79 Å². The van der Waals surface area contributed by atoms with E-state index in [0.29, 0.717) is 33.7 Å². The van der Waals surface area contributed by atoms with E-state index >= 15 is 0 Å². The number of H-pyrrole nitrogens is 1. The number of aromatic amines is 1. The molecule has 158 valence electrons. The zero-order valence-corrected chi connectivity index (χ0v) is 17.9. The lowest BCUT2D eigenvalue weighted by atomic mass is 10.1. The molecule has 1 N–H and O–H groups in total. The molecule has 0 amide bonds. The molecular weight excluding hydrogens is 424 g/mol. The van der Waals surface area contributed by atoms with E-state index in [1.165, 1.54) is 11.3 Å². The van der Waals surface area contributed by atoms with Crippen LogP contribution in [0.25, 0.3) is 27.3 Å². The number of rotatable bonds is 6.